The van der Waals surface area contributed by atoms with E-state index in [0.717, 1.165) is 5.56 Å². The predicted molar refractivity (Wildman–Crippen MR) is 67.3 cm³/mol. The average Bonchev–Trinajstić information content (AvgIpc) is 2.42. The lowest BCUT2D eigenvalue weighted by atomic mass is 10.2. The van der Waals surface area contributed by atoms with Crippen LogP contribution in [-0.2, 0) is 0 Å². The van der Waals surface area contributed by atoms with Gasteiger partial charge in [-0.2, -0.15) is 0 Å². The summed E-state index contributed by atoms with van der Waals surface area (Å²) in [5, 5.41) is 3.77. The number of hydrogen-bond donors (Lipinski definition) is 0. The Hall–Kier alpha value is -2.67. The van der Waals surface area contributed by atoms with Crippen molar-refractivity contribution in [2.24, 2.45) is 5.16 Å². The summed E-state index contributed by atoms with van der Waals surface area (Å²) in [7, 11) is 0. The molecule has 3 nitrogen and oxygen atoms in total. The Balaban J connectivity index is 1.98. The van der Waals surface area contributed by atoms with Gasteiger partial charge in [0.2, 0.25) is 0 Å². The van der Waals surface area contributed by atoms with Crippen LogP contribution in [0.3, 0.4) is 0 Å². The molecule has 0 aromatic heterocycles. The van der Waals surface area contributed by atoms with Gasteiger partial charge in [0.15, 0.2) is 11.4 Å². The van der Waals surface area contributed by atoms with Crippen LogP contribution in [0.5, 0.6) is 5.75 Å². The van der Waals surface area contributed by atoms with E-state index >= 15 is 0 Å². The van der Waals surface area contributed by atoms with Gasteiger partial charge >= 0.3 is 0 Å². The molecule has 2 aromatic rings. The number of nitrogens with zero attached hydrogens (tertiary/aromatic N) is 2. The van der Waals surface area contributed by atoms with E-state index in [4.69, 9.17) is 11.4 Å². The van der Waals surface area contributed by atoms with Crippen molar-refractivity contribution in [1.82, 2.24) is 0 Å². The third-order valence-corrected chi connectivity index (χ3v) is 2.20. The molecular weight excluding hydrogens is 231 g/mol. The van der Waals surface area contributed by atoms with Crippen molar-refractivity contribution in [3.8, 4) is 5.75 Å². The molecule has 0 bridgehead atoms. The lowest BCUT2D eigenvalue weighted by Gasteiger charge is -1.97. The van der Waals surface area contributed by atoms with Gasteiger partial charge < -0.3 is 4.84 Å². The molecule has 18 heavy (non-hydrogen) atoms. The van der Waals surface area contributed by atoms with E-state index in [0.29, 0.717) is 11.4 Å². The first-order valence-electron chi connectivity index (χ1n) is 5.21. The van der Waals surface area contributed by atoms with E-state index in [2.05, 4.69) is 10.0 Å². The van der Waals surface area contributed by atoms with Crippen molar-refractivity contribution >= 4 is 11.9 Å². The SMILES string of the molecule is [C-]#[N+]c1ccc(O/N=C\c2ccc(F)cc2)cc1. The maximum absolute atomic E-state index is 12.6. The Kier molecular flexibility index (Phi) is 3.67. The first kappa shape index (κ1) is 11.8. The lowest BCUT2D eigenvalue weighted by molar-refractivity contribution is 0.344. The third kappa shape index (κ3) is 3.16. The number of rotatable bonds is 3. The highest BCUT2D eigenvalue weighted by atomic mass is 19.1. The lowest BCUT2D eigenvalue weighted by Crippen LogP contribution is -1.86. The minimum absolute atomic E-state index is 0.289. The first-order valence-corrected chi connectivity index (χ1v) is 5.21. The number of halogens is 1. The van der Waals surface area contributed by atoms with Crippen LogP contribution in [0.1, 0.15) is 5.56 Å². The molecule has 0 aliphatic rings. The molecule has 88 valence electrons. The van der Waals surface area contributed by atoms with E-state index in [1.807, 2.05) is 0 Å². The molecule has 0 saturated carbocycles. The number of oxime groups is 1. The Morgan fingerprint density at radius 2 is 1.72 bits per heavy atom. The molecule has 0 saturated heterocycles. The maximum Gasteiger partial charge on any atom is 0.187 e. The zero-order valence-corrected chi connectivity index (χ0v) is 9.38. The molecular formula is C14H9FN2O. The first-order chi connectivity index (χ1) is 8.78. The van der Waals surface area contributed by atoms with Crippen molar-refractivity contribution < 1.29 is 9.23 Å². The summed E-state index contributed by atoms with van der Waals surface area (Å²) in [6.07, 6.45) is 1.49. The largest absolute Gasteiger partial charge is 0.357 e. The monoisotopic (exact) mass is 240 g/mol. The smallest absolute Gasteiger partial charge is 0.187 e. The fourth-order valence-corrected chi connectivity index (χ4v) is 1.28. The molecule has 0 amide bonds. The Morgan fingerprint density at radius 3 is 2.33 bits per heavy atom. The van der Waals surface area contributed by atoms with E-state index in [9.17, 15) is 4.39 Å². The van der Waals surface area contributed by atoms with Crippen molar-refractivity contribution in [3.63, 3.8) is 0 Å². The highest BCUT2D eigenvalue weighted by Gasteiger charge is 1.94. The second-order valence-electron chi connectivity index (χ2n) is 3.48. The summed E-state index contributed by atoms with van der Waals surface area (Å²) in [6, 6.07) is 12.5. The summed E-state index contributed by atoms with van der Waals surface area (Å²) >= 11 is 0. The number of benzene rings is 2. The van der Waals surface area contributed by atoms with Crippen LogP contribution in [0.25, 0.3) is 4.85 Å². The van der Waals surface area contributed by atoms with Gasteiger partial charge in [0.1, 0.15) is 5.82 Å². The topological polar surface area (TPSA) is 25.9 Å². The normalized spacial score (nSPS) is 10.2. The van der Waals surface area contributed by atoms with Gasteiger partial charge in [0.25, 0.3) is 0 Å². The van der Waals surface area contributed by atoms with Crippen LogP contribution in [0.2, 0.25) is 0 Å². The summed E-state index contributed by atoms with van der Waals surface area (Å²) in [6.45, 7) is 6.81. The van der Waals surface area contributed by atoms with E-state index in [1.165, 1.54) is 18.3 Å². The van der Waals surface area contributed by atoms with Gasteiger partial charge in [0, 0.05) is 0 Å². The third-order valence-electron chi connectivity index (χ3n) is 2.20. The molecule has 0 aliphatic carbocycles. The molecule has 2 rings (SSSR count). The zero-order valence-electron chi connectivity index (χ0n) is 9.38. The number of hydrogen-bond acceptors (Lipinski definition) is 2. The Labute approximate surface area is 104 Å². The minimum Gasteiger partial charge on any atom is -0.357 e. The molecule has 0 N–H and O–H groups in total. The van der Waals surface area contributed by atoms with E-state index in [-0.39, 0.29) is 5.82 Å². The molecule has 2 aromatic carbocycles. The molecule has 0 unspecified atom stereocenters. The van der Waals surface area contributed by atoms with Crippen LogP contribution in [0.15, 0.2) is 53.7 Å². The molecule has 0 heterocycles. The Bertz CT molecular complexity index is 583. The maximum atomic E-state index is 12.6. The van der Waals surface area contributed by atoms with Gasteiger partial charge in [-0.05, 0) is 29.8 Å². The second-order valence-corrected chi connectivity index (χ2v) is 3.48. The highest BCUT2D eigenvalue weighted by molar-refractivity contribution is 5.78. The minimum atomic E-state index is -0.289. The standard InChI is InChI=1S/C14H9FN2O/c1-16-13-6-8-14(9-7-13)18-17-10-11-2-4-12(15)5-3-11/h2-10H/b17-10-. The van der Waals surface area contributed by atoms with Crippen LogP contribution in [0, 0.1) is 12.4 Å². The molecule has 0 spiro atoms. The van der Waals surface area contributed by atoms with Gasteiger partial charge in [-0.1, -0.05) is 29.4 Å². The van der Waals surface area contributed by atoms with Gasteiger partial charge in [0.05, 0.1) is 12.8 Å². The summed E-state index contributed by atoms with van der Waals surface area (Å²) in [4.78, 5) is 8.38. The van der Waals surface area contributed by atoms with Crippen LogP contribution in [-0.4, -0.2) is 6.21 Å². The van der Waals surface area contributed by atoms with Crippen molar-refractivity contribution in [3.05, 3.63) is 71.3 Å². The van der Waals surface area contributed by atoms with Crippen molar-refractivity contribution in [2.45, 2.75) is 0 Å². The van der Waals surface area contributed by atoms with Crippen LogP contribution < -0.4 is 4.84 Å². The van der Waals surface area contributed by atoms with Crippen LogP contribution in [0.4, 0.5) is 10.1 Å². The van der Waals surface area contributed by atoms with Gasteiger partial charge in [-0.3, -0.25) is 0 Å². The highest BCUT2D eigenvalue weighted by Crippen LogP contribution is 2.17. The van der Waals surface area contributed by atoms with Crippen LogP contribution >= 0.6 is 0 Å². The van der Waals surface area contributed by atoms with E-state index in [1.54, 1.807) is 36.4 Å². The molecule has 0 radical (unpaired) electrons. The van der Waals surface area contributed by atoms with Crippen molar-refractivity contribution in [1.29, 1.82) is 0 Å². The molecule has 0 fully saturated rings. The fraction of sp³-hybridized carbons (Fsp3) is 0. The fourth-order valence-electron chi connectivity index (χ4n) is 1.28. The van der Waals surface area contributed by atoms with E-state index < -0.39 is 0 Å². The summed E-state index contributed by atoms with van der Waals surface area (Å²) < 4.78 is 12.6. The zero-order chi connectivity index (χ0) is 12.8. The average molecular weight is 240 g/mol. The second kappa shape index (κ2) is 5.60. The quantitative estimate of drug-likeness (QED) is 0.455. The van der Waals surface area contributed by atoms with Gasteiger partial charge in [-0.15, -0.1) is 0 Å². The van der Waals surface area contributed by atoms with Gasteiger partial charge in [-0.25, -0.2) is 9.24 Å². The predicted octanol–water partition coefficient (Wildman–Crippen LogP) is 3.79. The summed E-state index contributed by atoms with van der Waals surface area (Å²) in [5.41, 5.74) is 1.29. The summed E-state index contributed by atoms with van der Waals surface area (Å²) in [5.74, 6) is 0.253. The molecule has 0 aliphatic heterocycles. The van der Waals surface area contributed by atoms with Crippen molar-refractivity contribution in [2.75, 3.05) is 0 Å². The molecule has 0 atom stereocenters. The Morgan fingerprint density at radius 1 is 1.06 bits per heavy atom. The molecule has 4 heteroatoms.